The van der Waals surface area contributed by atoms with Crippen molar-refractivity contribution in [3.05, 3.63) is 0 Å². The zero-order valence-corrected chi connectivity index (χ0v) is 8.82. The van der Waals surface area contributed by atoms with Crippen LogP contribution in [0.5, 0.6) is 0 Å². The van der Waals surface area contributed by atoms with Crippen molar-refractivity contribution in [2.45, 2.75) is 26.3 Å². The second-order valence-corrected chi connectivity index (χ2v) is 4.37. The molecule has 1 aliphatic heterocycles. The van der Waals surface area contributed by atoms with Crippen LogP contribution in [0.4, 0.5) is 0 Å². The van der Waals surface area contributed by atoms with E-state index in [-0.39, 0.29) is 30.2 Å². The molecule has 0 aromatic carbocycles. The Labute approximate surface area is 87.8 Å². The molecule has 0 bridgehead atoms. The number of piperazine rings is 1. The molecule has 3 atom stereocenters. The standard InChI is InChI=1S/C10H14N2O3/c1-5-3-7(5)10(15)12-4-8(13)11-9(14)6(12)2/h5-7H,3-4H2,1-2H3,(H,11,13,14). The summed E-state index contributed by atoms with van der Waals surface area (Å²) in [5.41, 5.74) is 0. The van der Waals surface area contributed by atoms with Gasteiger partial charge in [-0.1, -0.05) is 6.92 Å². The lowest BCUT2D eigenvalue weighted by atomic mass is 10.1. The molecule has 5 nitrogen and oxygen atoms in total. The molecule has 5 heteroatoms. The Morgan fingerprint density at radius 3 is 2.53 bits per heavy atom. The molecule has 2 rings (SSSR count). The average molecular weight is 210 g/mol. The number of rotatable bonds is 1. The molecule has 1 saturated carbocycles. The minimum Gasteiger partial charge on any atom is -0.321 e. The maximum Gasteiger partial charge on any atom is 0.249 e. The van der Waals surface area contributed by atoms with Crippen molar-refractivity contribution >= 4 is 17.7 Å². The number of nitrogens with zero attached hydrogens (tertiary/aromatic N) is 1. The number of hydrogen-bond donors (Lipinski definition) is 1. The van der Waals surface area contributed by atoms with Crippen molar-refractivity contribution < 1.29 is 14.4 Å². The van der Waals surface area contributed by atoms with E-state index >= 15 is 0 Å². The van der Waals surface area contributed by atoms with E-state index in [4.69, 9.17) is 0 Å². The zero-order valence-electron chi connectivity index (χ0n) is 8.82. The predicted octanol–water partition coefficient (Wildman–Crippen LogP) is -0.484. The Bertz CT molecular complexity index is 340. The largest absolute Gasteiger partial charge is 0.321 e. The van der Waals surface area contributed by atoms with E-state index in [0.29, 0.717) is 5.92 Å². The van der Waals surface area contributed by atoms with E-state index in [0.717, 1.165) is 6.42 Å². The Morgan fingerprint density at radius 1 is 1.40 bits per heavy atom. The highest BCUT2D eigenvalue weighted by Gasteiger charge is 2.45. The maximum atomic E-state index is 11.9. The zero-order chi connectivity index (χ0) is 11.2. The van der Waals surface area contributed by atoms with Crippen LogP contribution >= 0.6 is 0 Å². The number of carbonyl (C=O) groups is 3. The molecule has 15 heavy (non-hydrogen) atoms. The van der Waals surface area contributed by atoms with Crippen molar-refractivity contribution in [3.8, 4) is 0 Å². The second kappa shape index (κ2) is 3.32. The fourth-order valence-electron chi connectivity index (χ4n) is 1.86. The summed E-state index contributed by atoms with van der Waals surface area (Å²) in [7, 11) is 0. The molecule has 0 radical (unpaired) electrons. The van der Waals surface area contributed by atoms with Gasteiger partial charge < -0.3 is 4.90 Å². The molecule has 3 amide bonds. The summed E-state index contributed by atoms with van der Waals surface area (Å²) in [6.07, 6.45) is 0.873. The molecule has 3 unspecified atom stereocenters. The summed E-state index contributed by atoms with van der Waals surface area (Å²) < 4.78 is 0. The molecule has 0 aromatic rings. The highest BCUT2D eigenvalue weighted by atomic mass is 16.2. The number of hydrogen-bond acceptors (Lipinski definition) is 3. The van der Waals surface area contributed by atoms with E-state index in [1.165, 1.54) is 4.90 Å². The number of imide groups is 1. The molecular formula is C10H14N2O3. The first-order valence-electron chi connectivity index (χ1n) is 5.15. The van der Waals surface area contributed by atoms with Crippen molar-refractivity contribution in [3.63, 3.8) is 0 Å². The lowest BCUT2D eigenvalue weighted by Gasteiger charge is -2.31. The predicted molar refractivity (Wildman–Crippen MR) is 51.6 cm³/mol. The van der Waals surface area contributed by atoms with E-state index in [9.17, 15) is 14.4 Å². The van der Waals surface area contributed by atoms with Crippen LogP contribution in [-0.4, -0.2) is 35.2 Å². The van der Waals surface area contributed by atoms with Gasteiger partial charge in [-0.3, -0.25) is 19.7 Å². The van der Waals surface area contributed by atoms with Crippen molar-refractivity contribution in [1.29, 1.82) is 0 Å². The first-order chi connectivity index (χ1) is 7.00. The second-order valence-electron chi connectivity index (χ2n) is 4.37. The molecule has 1 N–H and O–H groups in total. The van der Waals surface area contributed by atoms with Gasteiger partial charge in [0, 0.05) is 5.92 Å². The van der Waals surface area contributed by atoms with Gasteiger partial charge in [-0.25, -0.2) is 0 Å². The summed E-state index contributed by atoms with van der Waals surface area (Å²) in [6.45, 7) is 3.65. The number of carbonyl (C=O) groups excluding carboxylic acids is 3. The van der Waals surface area contributed by atoms with Gasteiger partial charge >= 0.3 is 0 Å². The smallest absolute Gasteiger partial charge is 0.249 e. The summed E-state index contributed by atoms with van der Waals surface area (Å²) >= 11 is 0. The van der Waals surface area contributed by atoms with Crippen LogP contribution in [0, 0.1) is 11.8 Å². The van der Waals surface area contributed by atoms with Gasteiger partial charge in [0.15, 0.2) is 0 Å². The normalized spacial score (nSPS) is 35.1. The Morgan fingerprint density at radius 2 is 2.00 bits per heavy atom. The molecule has 1 aliphatic carbocycles. The van der Waals surface area contributed by atoms with Crippen LogP contribution in [-0.2, 0) is 14.4 Å². The summed E-state index contributed by atoms with van der Waals surface area (Å²) in [5.74, 6) is -0.415. The third-order valence-electron chi connectivity index (χ3n) is 3.13. The van der Waals surface area contributed by atoms with E-state index < -0.39 is 6.04 Å². The van der Waals surface area contributed by atoms with Crippen LogP contribution in [0.25, 0.3) is 0 Å². The lowest BCUT2D eigenvalue weighted by molar-refractivity contribution is -0.150. The highest BCUT2D eigenvalue weighted by Crippen LogP contribution is 2.39. The van der Waals surface area contributed by atoms with Gasteiger partial charge in [0.2, 0.25) is 17.7 Å². The first kappa shape index (κ1) is 10.1. The SMILES string of the molecule is CC1CC1C(=O)N1CC(=O)NC(=O)C1C. The summed E-state index contributed by atoms with van der Waals surface area (Å²) in [6, 6.07) is -0.525. The van der Waals surface area contributed by atoms with Gasteiger partial charge in [0.1, 0.15) is 12.6 Å². The third kappa shape index (κ3) is 1.73. The van der Waals surface area contributed by atoms with Crippen LogP contribution < -0.4 is 5.32 Å². The first-order valence-corrected chi connectivity index (χ1v) is 5.15. The quantitative estimate of drug-likeness (QED) is 0.594. The molecule has 1 heterocycles. The van der Waals surface area contributed by atoms with E-state index in [1.807, 2.05) is 6.92 Å². The number of amides is 3. The molecular weight excluding hydrogens is 196 g/mol. The Balaban J connectivity index is 2.09. The minimum atomic E-state index is -0.525. The van der Waals surface area contributed by atoms with Gasteiger partial charge in [-0.2, -0.15) is 0 Å². The molecule has 1 saturated heterocycles. The van der Waals surface area contributed by atoms with Gasteiger partial charge in [-0.05, 0) is 19.3 Å². The fraction of sp³-hybridized carbons (Fsp3) is 0.700. The van der Waals surface area contributed by atoms with Gasteiger partial charge in [0.25, 0.3) is 0 Å². The van der Waals surface area contributed by atoms with Crippen LogP contribution in [0.1, 0.15) is 20.3 Å². The number of nitrogens with one attached hydrogen (secondary N) is 1. The Hall–Kier alpha value is -1.39. The fourth-order valence-corrected chi connectivity index (χ4v) is 1.86. The Kier molecular flexibility index (Phi) is 2.25. The summed E-state index contributed by atoms with van der Waals surface area (Å²) in [5, 5.41) is 2.21. The van der Waals surface area contributed by atoms with E-state index in [2.05, 4.69) is 5.32 Å². The lowest BCUT2D eigenvalue weighted by Crippen LogP contribution is -2.59. The van der Waals surface area contributed by atoms with Crippen molar-refractivity contribution in [2.75, 3.05) is 6.54 Å². The topological polar surface area (TPSA) is 66.5 Å². The molecule has 0 aromatic heterocycles. The summed E-state index contributed by atoms with van der Waals surface area (Å²) in [4.78, 5) is 35.7. The van der Waals surface area contributed by atoms with Crippen LogP contribution in [0.3, 0.4) is 0 Å². The molecule has 82 valence electrons. The van der Waals surface area contributed by atoms with Gasteiger partial charge in [-0.15, -0.1) is 0 Å². The molecule has 2 fully saturated rings. The van der Waals surface area contributed by atoms with Crippen molar-refractivity contribution in [2.24, 2.45) is 11.8 Å². The van der Waals surface area contributed by atoms with Crippen molar-refractivity contribution in [1.82, 2.24) is 10.2 Å². The monoisotopic (exact) mass is 210 g/mol. The van der Waals surface area contributed by atoms with Gasteiger partial charge in [0.05, 0.1) is 0 Å². The molecule has 0 spiro atoms. The minimum absolute atomic E-state index is 0.00889. The van der Waals surface area contributed by atoms with Crippen LogP contribution in [0.2, 0.25) is 0 Å². The van der Waals surface area contributed by atoms with E-state index in [1.54, 1.807) is 6.92 Å². The molecule has 2 aliphatic rings. The highest BCUT2D eigenvalue weighted by molar-refractivity contribution is 6.04. The average Bonchev–Trinajstić information content (AvgIpc) is 2.88. The maximum absolute atomic E-state index is 11.9. The third-order valence-corrected chi connectivity index (χ3v) is 3.13. The van der Waals surface area contributed by atoms with Crippen LogP contribution in [0.15, 0.2) is 0 Å².